The van der Waals surface area contributed by atoms with Gasteiger partial charge in [-0.15, -0.1) is 11.6 Å². The highest BCUT2D eigenvalue weighted by molar-refractivity contribution is 6.26. The van der Waals surface area contributed by atoms with Crippen LogP contribution in [0.25, 0.3) is 0 Å². The van der Waals surface area contributed by atoms with Crippen LogP contribution in [0.4, 0.5) is 0 Å². The van der Waals surface area contributed by atoms with Crippen molar-refractivity contribution in [2.45, 2.75) is 44.8 Å². The third-order valence-corrected chi connectivity index (χ3v) is 5.29. The van der Waals surface area contributed by atoms with Gasteiger partial charge < -0.3 is 9.47 Å². The first-order valence-electron chi connectivity index (χ1n) is 6.92. The van der Waals surface area contributed by atoms with Gasteiger partial charge >= 0.3 is 11.9 Å². The van der Waals surface area contributed by atoms with Crippen LogP contribution >= 0.6 is 11.6 Å². The lowest BCUT2D eigenvalue weighted by molar-refractivity contribution is -0.163. The summed E-state index contributed by atoms with van der Waals surface area (Å²) in [5.41, 5.74) is -0.447. The molecule has 5 unspecified atom stereocenters. The molecule has 4 nitrogen and oxygen atoms in total. The maximum absolute atomic E-state index is 12.0. The van der Waals surface area contributed by atoms with Gasteiger partial charge in [-0.2, -0.15) is 0 Å². The third-order valence-electron chi connectivity index (χ3n) is 5.07. The number of alkyl halides is 1. The molecule has 2 bridgehead atoms. The van der Waals surface area contributed by atoms with E-state index in [-0.39, 0.29) is 47.6 Å². The number of carbonyl (C=O) groups excluding carboxylic acids is 2. The summed E-state index contributed by atoms with van der Waals surface area (Å²) in [6, 6.07) is 0. The van der Waals surface area contributed by atoms with Gasteiger partial charge in [-0.25, -0.2) is 0 Å². The number of hydrogen-bond acceptors (Lipinski definition) is 4. The van der Waals surface area contributed by atoms with Crippen molar-refractivity contribution in [1.82, 2.24) is 0 Å². The standard InChI is InChI=1S/C14H19ClO4/c1-14(2)12-8-4-3-7(11(12)13(17)19-14)5-9(8)18-10(16)6-15/h7-9,11-12H,3-6H2,1-2H3. The predicted octanol–water partition coefficient (Wildman–Crippen LogP) is 2.13. The van der Waals surface area contributed by atoms with Gasteiger partial charge in [0, 0.05) is 11.8 Å². The summed E-state index contributed by atoms with van der Waals surface area (Å²) in [4.78, 5) is 23.5. The molecule has 0 aromatic rings. The maximum atomic E-state index is 12.0. The quantitative estimate of drug-likeness (QED) is 0.576. The molecule has 1 aliphatic heterocycles. The minimum absolute atomic E-state index is 0.000274. The Bertz CT molecular complexity index is 420. The highest BCUT2D eigenvalue weighted by Gasteiger charge is 2.63. The Morgan fingerprint density at radius 1 is 1.47 bits per heavy atom. The number of rotatable bonds is 2. The van der Waals surface area contributed by atoms with Crippen molar-refractivity contribution in [3.63, 3.8) is 0 Å². The lowest BCUT2D eigenvalue weighted by Gasteiger charge is -2.50. The Kier molecular flexibility index (Phi) is 3.04. The summed E-state index contributed by atoms with van der Waals surface area (Å²) < 4.78 is 11.0. The van der Waals surface area contributed by atoms with Crippen LogP contribution in [0.5, 0.6) is 0 Å². The maximum Gasteiger partial charge on any atom is 0.321 e. The average Bonchev–Trinajstić information content (AvgIpc) is 2.62. The molecule has 0 radical (unpaired) electrons. The normalized spacial score (nSPS) is 42.7. The van der Waals surface area contributed by atoms with Crippen LogP contribution < -0.4 is 0 Å². The van der Waals surface area contributed by atoms with E-state index < -0.39 is 5.60 Å². The number of carbonyl (C=O) groups is 2. The summed E-state index contributed by atoms with van der Waals surface area (Å²) in [6.45, 7) is 3.94. The molecule has 5 atom stereocenters. The van der Waals surface area contributed by atoms with Crippen LogP contribution in [-0.4, -0.2) is 29.5 Å². The fourth-order valence-electron chi connectivity index (χ4n) is 4.50. The molecule has 0 aromatic carbocycles. The second kappa shape index (κ2) is 4.37. The molecule has 3 aliphatic carbocycles. The lowest BCUT2D eigenvalue weighted by atomic mass is 9.55. The number of halogens is 1. The average molecular weight is 287 g/mol. The first-order valence-corrected chi connectivity index (χ1v) is 7.46. The fraction of sp³-hybridized carbons (Fsp3) is 0.857. The van der Waals surface area contributed by atoms with E-state index in [0.29, 0.717) is 0 Å². The summed E-state index contributed by atoms with van der Waals surface area (Å²) in [5, 5.41) is 0. The Hall–Kier alpha value is -0.770. The summed E-state index contributed by atoms with van der Waals surface area (Å²) >= 11 is 5.51. The van der Waals surface area contributed by atoms with Crippen molar-refractivity contribution in [2.24, 2.45) is 23.7 Å². The molecule has 19 heavy (non-hydrogen) atoms. The smallest absolute Gasteiger partial charge is 0.321 e. The van der Waals surface area contributed by atoms with Crippen LogP contribution in [-0.2, 0) is 19.1 Å². The Balaban J connectivity index is 1.86. The van der Waals surface area contributed by atoms with Crippen molar-refractivity contribution in [3.8, 4) is 0 Å². The zero-order chi connectivity index (χ0) is 13.8. The first kappa shape index (κ1) is 13.2. The third kappa shape index (κ3) is 1.95. The van der Waals surface area contributed by atoms with E-state index >= 15 is 0 Å². The number of ether oxygens (including phenoxy) is 2. The number of cyclic esters (lactones) is 1. The molecule has 3 saturated carbocycles. The molecular formula is C14H19ClO4. The van der Waals surface area contributed by atoms with Crippen LogP contribution in [0.15, 0.2) is 0 Å². The highest BCUT2D eigenvalue weighted by Crippen LogP contribution is 2.57. The van der Waals surface area contributed by atoms with Crippen molar-refractivity contribution in [3.05, 3.63) is 0 Å². The minimum atomic E-state index is -0.447. The second-order valence-electron chi connectivity index (χ2n) is 6.48. The zero-order valence-electron chi connectivity index (χ0n) is 11.2. The SMILES string of the molecule is CC1(C)OC(=O)C2C3CCC(C(OC(=O)CCl)C3)C21. The number of hydrogen-bond donors (Lipinski definition) is 0. The monoisotopic (exact) mass is 286 g/mol. The molecule has 106 valence electrons. The molecule has 4 rings (SSSR count). The summed E-state index contributed by atoms with van der Waals surface area (Å²) in [7, 11) is 0. The van der Waals surface area contributed by atoms with Gasteiger partial charge in [0.25, 0.3) is 0 Å². The van der Waals surface area contributed by atoms with Gasteiger partial charge in [-0.1, -0.05) is 0 Å². The topological polar surface area (TPSA) is 52.6 Å². The van der Waals surface area contributed by atoms with E-state index in [9.17, 15) is 9.59 Å². The van der Waals surface area contributed by atoms with Crippen LogP contribution in [0.2, 0.25) is 0 Å². The van der Waals surface area contributed by atoms with Gasteiger partial charge in [0.1, 0.15) is 17.6 Å². The lowest BCUT2D eigenvalue weighted by Crippen LogP contribution is -2.53. The van der Waals surface area contributed by atoms with Gasteiger partial charge in [0.05, 0.1) is 5.92 Å². The van der Waals surface area contributed by atoms with E-state index in [1.54, 1.807) is 0 Å². The predicted molar refractivity (Wildman–Crippen MR) is 68.6 cm³/mol. The molecule has 1 heterocycles. The van der Waals surface area contributed by atoms with E-state index in [4.69, 9.17) is 21.1 Å². The van der Waals surface area contributed by atoms with Crippen molar-refractivity contribution < 1.29 is 19.1 Å². The number of esters is 2. The van der Waals surface area contributed by atoms with E-state index in [1.807, 2.05) is 13.8 Å². The Morgan fingerprint density at radius 2 is 2.21 bits per heavy atom. The van der Waals surface area contributed by atoms with Crippen molar-refractivity contribution >= 4 is 23.5 Å². The van der Waals surface area contributed by atoms with Crippen LogP contribution in [0, 0.1) is 23.7 Å². The van der Waals surface area contributed by atoms with Gasteiger partial charge in [-0.05, 0) is 39.0 Å². The molecule has 5 heteroatoms. The number of fused-ring (bicyclic) bond motifs is 2. The molecule has 0 N–H and O–H groups in total. The largest absolute Gasteiger partial charge is 0.461 e. The van der Waals surface area contributed by atoms with Gasteiger partial charge in [0.15, 0.2) is 0 Å². The Morgan fingerprint density at radius 3 is 2.89 bits per heavy atom. The van der Waals surface area contributed by atoms with E-state index in [0.717, 1.165) is 19.3 Å². The molecule has 4 aliphatic rings. The molecule has 4 fully saturated rings. The van der Waals surface area contributed by atoms with Crippen molar-refractivity contribution in [2.75, 3.05) is 5.88 Å². The second-order valence-corrected chi connectivity index (χ2v) is 6.74. The Labute approximate surface area is 117 Å². The van der Waals surface area contributed by atoms with E-state index in [1.165, 1.54) is 0 Å². The van der Waals surface area contributed by atoms with E-state index in [2.05, 4.69) is 0 Å². The zero-order valence-corrected chi connectivity index (χ0v) is 12.0. The molecule has 0 spiro atoms. The van der Waals surface area contributed by atoms with Crippen molar-refractivity contribution in [1.29, 1.82) is 0 Å². The first-order chi connectivity index (χ1) is 8.94. The van der Waals surface area contributed by atoms with Crippen LogP contribution in [0.3, 0.4) is 0 Å². The van der Waals surface area contributed by atoms with Crippen LogP contribution in [0.1, 0.15) is 33.1 Å². The molecule has 1 saturated heterocycles. The minimum Gasteiger partial charge on any atom is -0.461 e. The molecular weight excluding hydrogens is 268 g/mol. The summed E-state index contributed by atoms with van der Waals surface area (Å²) in [5.74, 6) is 0.146. The van der Waals surface area contributed by atoms with Gasteiger partial charge in [0.2, 0.25) is 0 Å². The molecule has 0 amide bonds. The highest BCUT2D eigenvalue weighted by atomic mass is 35.5. The fourth-order valence-corrected chi connectivity index (χ4v) is 4.56. The van der Waals surface area contributed by atoms with Gasteiger partial charge in [-0.3, -0.25) is 9.59 Å². The molecule has 0 aromatic heterocycles. The summed E-state index contributed by atoms with van der Waals surface area (Å²) in [6.07, 6.45) is 2.72.